The molecule has 0 aromatic carbocycles. The number of aromatic nitrogens is 3. The van der Waals surface area contributed by atoms with Crippen molar-refractivity contribution in [3.8, 4) is 0 Å². The number of hydrogen-bond acceptors (Lipinski definition) is 6. The first-order valence-corrected chi connectivity index (χ1v) is 8.55. The largest absolute Gasteiger partial charge is 0.372 e. The summed E-state index contributed by atoms with van der Waals surface area (Å²) in [5.41, 5.74) is 1.85. The van der Waals surface area contributed by atoms with Gasteiger partial charge in [-0.25, -0.2) is 4.98 Å². The molecule has 0 spiro atoms. The lowest BCUT2D eigenvalue weighted by atomic mass is 10.0. The van der Waals surface area contributed by atoms with E-state index in [2.05, 4.69) is 15.5 Å². The molecule has 8 heteroatoms. The molecule has 3 rings (SSSR count). The van der Waals surface area contributed by atoms with Gasteiger partial charge in [0.25, 0.3) is 0 Å². The molecular formula is C17H25N5O3. The predicted octanol–water partition coefficient (Wildman–Crippen LogP) is 0.837. The van der Waals surface area contributed by atoms with Gasteiger partial charge in [0.1, 0.15) is 6.61 Å². The summed E-state index contributed by atoms with van der Waals surface area (Å²) in [7, 11) is 1.95. The molecule has 25 heavy (non-hydrogen) atoms. The molecule has 1 saturated heterocycles. The van der Waals surface area contributed by atoms with Crippen LogP contribution in [0.4, 0.5) is 0 Å². The summed E-state index contributed by atoms with van der Waals surface area (Å²) >= 11 is 0. The Labute approximate surface area is 147 Å². The van der Waals surface area contributed by atoms with Crippen LogP contribution in [0.15, 0.2) is 23.1 Å². The summed E-state index contributed by atoms with van der Waals surface area (Å²) in [5, 5.41) is 7.40. The number of ether oxygens (including phenoxy) is 1. The van der Waals surface area contributed by atoms with Crippen LogP contribution in [0.25, 0.3) is 0 Å². The van der Waals surface area contributed by atoms with Crippen LogP contribution >= 0.6 is 0 Å². The Hall–Kier alpha value is -2.19. The van der Waals surface area contributed by atoms with Crippen molar-refractivity contribution in [3.05, 3.63) is 35.7 Å². The molecule has 1 fully saturated rings. The summed E-state index contributed by atoms with van der Waals surface area (Å²) in [6.45, 7) is 6.28. The number of hydrogen-bond donors (Lipinski definition) is 1. The minimum absolute atomic E-state index is 0.0163. The van der Waals surface area contributed by atoms with E-state index in [4.69, 9.17) is 9.26 Å². The first kappa shape index (κ1) is 17.6. The second-order valence-electron chi connectivity index (χ2n) is 6.43. The van der Waals surface area contributed by atoms with Crippen LogP contribution in [0.1, 0.15) is 30.0 Å². The number of carbonyl (C=O) groups excluding carboxylic acids is 1. The maximum Gasteiger partial charge on any atom is 0.248 e. The van der Waals surface area contributed by atoms with Crippen LogP contribution < -0.4 is 5.32 Å². The standard InChI is InChI=1S/C17H25N5O3/c1-4-24-10-17(23)22-7-14(15-8-21(3)11-19-15)16(9-22)18-6-13-5-12(2)20-25-13/h5,8,11,14,16,18H,4,6-7,9-10H2,1-3H3/t14-,16+/m0/s1. The van der Waals surface area contributed by atoms with Crippen molar-refractivity contribution in [1.29, 1.82) is 0 Å². The van der Waals surface area contributed by atoms with Gasteiger partial charge in [-0.3, -0.25) is 4.79 Å². The molecule has 0 saturated carbocycles. The van der Waals surface area contributed by atoms with Gasteiger partial charge in [0, 0.05) is 51.0 Å². The van der Waals surface area contributed by atoms with E-state index in [1.54, 1.807) is 6.33 Å². The average molecular weight is 347 g/mol. The molecule has 0 aliphatic carbocycles. The van der Waals surface area contributed by atoms with E-state index < -0.39 is 0 Å². The number of nitrogens with one attached hydrogen (secondary N) is 1. The smallest absolute Gasteiger partial charge is 0.248 e. The Morgan fingerprint density at radius 3 is 2.96 bits per heavy atom. The van der Waals surface area contributed by atoms with E-state index in [1.807, 2.05) is 42.6 Å². The third-order valence-corrected chi connectivity index (χ3v) is 4.42. The van der Waals surface area contributed by atoms with Gasteiger partial charge in [0.2, 0.25) is 5.91 Å². The molecule has 1 amide bonds. The third kappa shape index (κ3) is 4.26. The Morgan fingerprint density at radius 1 is 1.48 bits per heavy atom. The van der Waals surface area contributed by atoms with Gasteiger partial charge in [0.15, 0.2) is 5.76 Å². The van der Waals surface area contributed by atoms with Crippen LogP contribution in [0.2, 0.25) is 0 Å². The summed E-state index contributed by atoms with van der Waals surface area (Å²) in [5.74, 6) is 0.940. The van der Waals surface area contributed by atoms with Gasteiger partial charge >= 0.3 is 0 Å². The van der Waals surface area contributed by atoms with E-state index in [0.29, 0.717) is 26.2 Å². The van der Waals surface area contributed by atoms with E-state index in [-0.39, 0.29) is 24.5 Å². The normalized spacial score (nSPS) is 20.4. The number of aryl methyl sites for hydroxylation is 2. The lowest BCUT2D eigenvalue weighted by Gasteiger charge is -2.17. The molecule has 2 aromatic heterocycles. The number of carbonyl (C=O) groups is 1. The molecule has 0 bridgehead atoms. The van der Waals surface area contributed by atoms with E-state index in [1.165, 1.54) is 0 Å². The zero-order chi connectivity index (χ0) is 17.8. The Balaban J connectivity index is 1.68. The van der Waals surface area contributed by atoms with Crippen molar-refractivity contribution in [1.82, 2.24) is 24.9 Å². The molecule has 136 valence electrons. The monoisotopic (exact) mass is 347 g/mol. The number of nitrogens with zero attached hydrogens (tertiary/aromatic N) is 4. The second kappa shape index (κ2) is 7.79. The molecule has 1 aliphatic heterocycles. The molecule has 8 nitrogen and oxygen atoms in total. The van der Waals surface area contributed by atoms with Crippen LogP contribution in [0, 0.1) is 6.92 Å². The Bertz CT molecular complexity index is 711. The first-order chi connectivity index (χ1) is 12.1. The van der Waals surface area contributed by atoms with Gasteiger partial charge in [-0.05, 0) is 13.8 Å². The highest BCUT2D eigenvalue weighted by atomic mass is 16.5. The number of imidazole rings is 1. The Kier molecular flexibility index (Phi) is 5.50. The second-order valence-corrected chi connectivity index (χ2v) is 6.43. The predicted molar refractivity (Wildman–Crippen MR) is 90.9 cm³/mol. The highest BCUT2D eigenvalue weighted by Gasteiger charge is 2.37. The molecule has 1 N–H and O–H groups in total. The van der Waals surface area contributed by atoms with E-state index in [9.17, 15) is 4.79 Å². The van der Waals surface area contributed by atoms with Crippen LogP contribution in [0.3, 0.4) is 0 Å². The van der Waals surface area contributed by atoms with Crippen molar-refractivity contribution in [3.63, 3.8) is 0 Å². The van der Waals surface area contributed by atoms with E-state index >= 15 is 0 Å². The molecule has 2 atom stereocenters. The van der Waals surface area contributed by atoms with Gasteiger partial charge in [-0.1, -0.05) is 5.16 Å². The maximum atomic E-state index is 12.3. The zero-order valence-corrected chi connectivity index (χ0v) is 14.9. The highest BCUT2D eigenvalue weighted by Crippen LogP contribution is 2.27. The lowest BCUT2D eigenvalue weighted by molar-refractivity contribution is -0.135. The first-order valence-electron chi connectivity index (χ1n) is 8.55. The van der Waals surface area contributed by atoms with Crippen LogP contribution in [-0.4, -0.2) is 57.9 Å². The number of amides is 1. The topological polar surface area (TPSA) is 85.4 Å². The quantitative estimate of drug-likeness (QED) is 0.799. The summed E-state index contributed by atoms with van der Waals surface area (Å²) in [6.07, 6.45) is 3.80. The van der Waals surface area contributed by atoms with Gasteiger partial charge in [0.05, 0.1) is 24.3 Å². The maximum absolute atomic E-state index is 12.3. The molecule has 0 unspecified atom stereocenters. The van der Waals surface area contributed by atoms with Crippen LogP contribution in [-0.2, 0) is 23.1 Å². The molecule has 2 aromatic rings. The van der Waals surface area contributed by atoms with Crippen molar-refractivity contribution in [2.24, 2.45) is 7.05 Å². The fraction of sp³-hybridized carbons (Fsp3) is 0.588. The summed E-state index contributed by atoms with van der Waals surface area (Å²) < 4.78 is 12.5. The number of rotatable bonds is 7. The average Bonchev–Trinajstić information content (AvgIpc) is 3.30. The molecular weight excluding hydrogens is 322 g/mol. The SMILES string of the molecule is CCOCC(=O)N1C[C@@H](NCc2cc(C)no2)[C@H](c2cn(C)cn2)C1. The lowest BCUT2D eigenvalue weighted by Crippen LogP contribution is -2.37. The highest BCUT2D eigenvalue weighted by molar-refractivity contribution is 5.78. The van der Waals surface area contributed by atoms with Crippen molar-refractivity contribution >= 4 is 5.91 Å². The molecule has 0 radical (unpaired) electrons. The molecule has 1 aliphatic rings. The fourth-order valence-corrected chi connectivity index (χ4v) is 3.15. The van der Waals surface area contributed by atoms with Gasteiger partial charge < -0.3 is 24.0 Å². The van der Waals surface area contributed by atoms with Gasteiger partial charge in [-0.2, -0.15) is 0 Å². The fourth-order valence-electron chi connectivity index (χ4n) is 3.15. The van der Waals surface area contributed by atoms with Crippen LogP contribution in [0.5, 0.6) is 0 Å². The third-order valence-electron chi connectivity index (χ3n) is 4.42. The Morgan fingerprint density at radius 2 is 2.32 bits per heavy atom. The minimum atomic E-state index is 0.0163. The van der Waals surface area contributed by atoms with Crippen molar-refractivity contribution in [2.75, 3.05) is 26.3 Å². The summed E-state index contributed by atoms with van der Waals surface area (Å²) in [6, 6.07) is 2.02. The zero-order valence-electron chi connectivity index (χ0n) is 14.9. The number of likely N-dealkylation sites (tertiary alicyclic amines) is 1. The minimum Gasteiger partial charge on any atom is -0.372 e. The van der Waals surface area contributed by atoms with Crippen molar-refractivity contribution in [2.45, 2.75) is 32.4 Å². The molecule has 3 heterocycles. The van der Waals surface area contributed by atoms with Gasteiger partial charge in [-0.15, -0.1) is 0 Å². The van der Waals surface area contributed by atoms with E-state index in [0.717, 1.165) is 17.1 Å². The summed E-state index contributed by atoms with van der Waals surface area (Å²) in [4.78, 5) is 18.7. The van der Waals surface area contributed by atoms with Crippen molar-refractivity contribution < 1.29 is 14.1 Å².